The summed E-state index contributed by atoms with van der Waals surface area (Å²) in [5, 5.41) is 0. The van der Waals surface area contributed by atoms with Crippen LogP contribution in [0.5, 0.6) is 5.75 Å². The van der Waals surface area contributed by atoms with Gasteiger partial charge in [-0.25, -0.2) is 0 Å². The Kier molecular flexibility index (Phi) is 4.27. The van der Waals surface area contributed by atoms with Gasteiger partial charge in [0.25, 0.3) is 5.91 Å². The van der Waals surface area contributed by atoms with Crippen LogP contribution in [0.15, 0.2) is 18.2 Å². The van der Waals surface area contributed by atoms with Crippen molar-refractivity contribution in [1.82, 2.24) is 4.90 Å². The summed E-state index contributed by atoms with van der Waals surface area (Å²) in [6.45, 7) is 3.66. The lowest BCUT2D eigenvalue weighted by Gasteiger charge is -2.24. The molecule has 1 aromatic carbocycles. The second kappa shape index (κ2) is 5.93. The van der Waals surface area contributed by atoms with Crippen LogP contribution in [-0.4, -0.2) is 43.7 Å². The highest BCUT2D eigenvalue weighted by Gasteiger charge is 2.27. The molecule has 0 aliphatic carbocycles. The third-order valence-electron chi connectivity index (χ3n) is 3.35. The Morgan fingerprint density at radius 3 is 3.00 bits per heavy atom. The van der Waals surface area contributed by atoms with Crippen molar-refractivity contribution in [3.05, 3.63) is 23.8 Å². The number of nitrogens with zero attached hydrogens (tertiary/aromatic N) is 1. The first kappa shape index (κ1) is 13.7. The number of carbonyl (C=O) groups excluding carboxylic acids is 1. The molecule has 1 aromatic rings. The van der Waals surface area contributed by atoms with Crippen molar-refractivity contribution in [3.63, 3.8) is 0 Å². The molecule has 104 valence electrons. The van der Waals surface area contributed by atoms with Crippen LogP contribution in [0.2, 0.25) is 0 Å². The van der Waals surface area contributed by atoms with Crippen LogP contribution in [0, 0.1) is 0 Å². The van der Waals surface area contributed by atoms with E-state index in [1.165, 1.54) is 0 Å². The number of anilines is 1. The van der Waals surface area contributed by atoms with Gasteiger partial charge < -0.3 is 20.1 Å². The molecule has 1 unspecified atom stereocenters. The van der Waals surface area contributed by atoms with Crippen molar-refractivity contribution < 1.29 is 14.3 Å². The Morgan fingerprint density at radius 1 is 1.58 bits per heavy atom. The van der Waals surface area contributed by atoms with Crippen LogP contribution in [0.25, 0.3) is 0 Å². The molecular formula is C14H20N2O3. The molecule has 2 rings (SSSR count). The van der Waals surface area contributed by atoms with Gasteiger partial charge in [-0.3, -0.25) is 4.79 Å². The molecule has 1 atom stereocenters. The van der Waals surface area contributed by atoms with Crippen LogP contribution < -0.4 is 10.5 Å². The molecule has 19 heavy (non-hydrogen) atoms. The monoisotopic (exact) mass is 264 g/mol. The van der Waals surface area contributed by atoms with E-state index in [9.17, 15) is 4.79 Å². The van der Waals surface area contributed by atoms with Gasteiger partial charge in [0.15, 0.2) is 0 Å². The number of amides is 1. The van der Waals surface area contributed by atoms with Gasteiger partial charge in [0.1, 0.15) is 11.3 Å². The van der Waals surface area contributed by atoms with Crippen LogP contribution in [0.4, 0.5) is 5.69 Å². The summed E-state index contributed by atoms with van der Waals surface area (Å²) < 4.78 is 10.8. The van der Waals surface area contributed by atoms with Gasteiger partial charge in [-0.1, -0.05) is 6.07 Å². The van der Waals surface area contributed by atoms with Crippen molar-refractivity contribution in [3.8, 4) is 5.75 Å². The highest BCUT2D eigenvalue weighted by Crippen LogP contribution is 2.27. The van der Waals surface area contributed by atoms with Crippen molar-refractivity contribution >= 4 is 11.6 Å². The zero-order chi connectivity index (χ0) is 13.8. The summed E-state index contributed by atoms with van der Waals surface area (Å²) >= 11 is 0. The number of nitrogens with two attached hydrogens (primary N) is 1. The second-order valence-electron chi connectivity index (χ2n) is 4.59. The van der Waals surface area contributed by atoms with Crippen LogP contribution in [0.1, 0.15) is 23.7 Å². The van der Waals surface area contributed by atoms with Crippen LogP contribution >= 0.6 is 0 Å². The Hall–Kier alpha value is -1.75. The highest BCUT2D eigenvalue weighted by molar-refractivity contribution is 6.01. The summed E-state index contributed by atoms with van der Waals surface area (Å²) in [6, 6.07) is 5.39. The Balaban J connectivity index is 2.26. The quantitative estimate of drug-likeness (QED) is 0.838. The molecule has 1 amide bonds. The third kappa shape index (κ3) is 2.81. The number of hydrogen-bond acceptors (Lipinski definition) is 4. The lowest BCUT2D eigenvalue weighted by molar-refractivity contribution is 0.0708. The minimum Gasteiger partial charge on any atom is -0.493 e. The minimum atomic E-state index is -0.114. The third-order valence-corrected chi connectivity index (χ3v) is 3.35. The first-order valence-electron chi connectivity index (χ1n) is 6.51. The number of likely N-dealkylation sites (N-methyl/N-ethyl adjacent to an activating group) is 1. The maximum atomic E-state index is 12.6. The van der Waals surface area contributed by atoms with Gasteiger partial charge in [-0.2, -0.15) is 0 Å². The number of hydrogen-bond donors (Lipinski definition) is 1. The molecule has 1 saturated heterocycles. The average molecular weight is 264 g/mol. The maximum absolute atomic E-state index is 12.6. The van der Waals surface area contributed by atoms with Crippen LogP contribution in [0.3, 0.4) is 0 Å². The van der Waals surface area contributed by atoms with Gasteiger partial charge in [0.05, 0.1) is 19.3 Å². The van der Waals surface area contributed by atoms with Gasteiger partial charge >= 0.3 is 0 Å². The average Bonchev–Trinajstić information content (AvgIpc) is 2.91. The smallest absolute Gasteiger partial charge is 0.259 e. The first-order chi connectivity index (χ1) is 9.15. The minimum absolute atomic E-state index is 0.113. The van der Waals surface area contributed by atoms with Crippen molar-refractivity contribution in [2.24, 2.45) is 0 Å². The predicted molar refractivity (Wildman–Crippen MR) is 73.3 cm³/mol. The van der Waals surface area contributed by atoms with E-state index in [1.807, 2.05) is 6.92 Å². The van der Waals surface area contributed by atoms with E-state index in [-0.39, 0.29) is 11.9 Å². The molecule has 0 spiro atoms. The Bertz CT molecular complexity index is 456. The van der Waals surface area contributed by atoms with Crippen molar-refractivity contribution in [2.45, 2.75) is 19.4 Å². The van der Waals surface area contributed by atoms with Gasteiger partial charge in [-0.05, 0) is 25.5 Å². The normalized spacial score (nSPS) is 18.3. The molecule has 1 aliphatic rings. The maximum Gasteiger partial charge on any atom is 0.259 e. The van der Waals surface area contributed by atoms with E-state index in [4.69, 9.17) is 15.2 Å². The summed E-state index contributed by atoms with van der Waals surface area (Å²) in [4.78, 5) is 14.3. The topological polar surface area (TPSA) is 64.8 Å². The van der Waals surface area contributed by atoms with Gasteiger partial charge in [0.2, 0.25) is 0 Å². The molecule has 0 aromatic heterocycles. The zero-order valence-corrected chi connectivity index (χ0v) is 11.4. The lowest BCUT2D eigenvalue weighted by Crippen LogP contribution is -2.37. The molecule has 2 N–H and O–H groups in total. The molecule has 5 nitrogen and oxygen atoms in total. The van der Waals surface area contributed by atoms with Gasteiger partial charge in [-0.15, -0.1) is 0 Å². The molecule has 1 aliphatic heterocycles. The Morgan fingerprint density at radius 2 is 2.37 bits per heavy atom. The summed E-state index contributed by atoms with van der Waals surface area (Å²) in [5.41, 5.74) is 6.82. The van der Waals surface area contributed by atoms with Crippen molar-refractivity contribution in [2.75, 3.05) is 32.6 Å². The number of ether oxygens (including phenoxy) is 2. The second-order valence-corrected chi connectivity index (χ2v) is 4.59. The first-order valence-corrected chi connectivity index (χ1v) is 6.51. The molecule has 0 radical (unpaired) electrons. The van der Waals surface area contributed by atoms with Gasteiger partial charge in [0, 0.05) is 19.3 Å². The van der Waals surface area contributed by atoms with E-state index >= 15 is 0 Å². The fourth-order valence-corrected chi connectivity index (χ4v) is 2.22. The van der Waals surface area contributed by atoms with Crippen LogP contribution in [-0.2, 0) is 4.74 Å². The molecule has 5 heteroatoms. The van der Waals surface area contributed by atoms with E-state index in [0.717, 1.165) is 6.42 Å². The standard InChI is InChI=1S/C14H20N2O3/c1-3-19-12-6-4-5-11(15)13(12)14(17)16(2)10-7-8-18-9-10/h4-6,10H,3,7-9,15H2,1-2H3. The summed E-state index contributed by atoms with van der Waals surface area (Å²) in [5.74, 6) is 0.426. The Labute approximate surface area is 113 Å². The zero-order valence-electron chi connectivity index (χ0n) is 11.4. The number of benzene rings is 1. The summed E-state index contributed by atoms with van der Waals surface area (Å²) in [6.07, 6.45) is 0.860. The molecule has 1 heterocycles. The number of nitrogen functional groups attached to an aromatic ring is 1. The predicted octanol–water partition coefficient (Wildman–Crippen LogP) is 1.53. The molecule has 0 saturated carbocycles. The lowest BCUT2D eigenvalue weighted by atomic mass is 10.1. The number of rotatable bonds is 4. The summed E-state index contributed by atoms with van der Waals surface area (Å²) in [7, 11) is 1.78. The fraction of sp³-hybridized carbons (Fsp3) is 0.500. The molecule has 1 fully saturated rings. The van der Waals surface area contributed by atoms with E-state index in [2.05, 4.69) is 0 Å². The fourth-order valence-electron chi connectivity index (χ4n) is 2.22. The van der Waals surface area contributed by atoms with E-state index in [0.29, 0.717) is 36.8 Å². The molecule has 0 bridgehead atoms. The largest absolute Gasteiger partial charge is 0.493 e. The SMILES string of the molecule is CCOc1cccc(N)c1C(=O)N(C)C1CCOC1. The number of carbonyl (C=O) groups is 1. The van der Waals surface area contributed by atoms with E-state index < -0.39 is 0 Å². The van der Waals surface area contributed by atoms with Crippen molar-refractivity contribution in [1.29, 1.82) is 0 Å². The van der Waals surface area contributed by atoms with E-state index in [1.54, 1.807) is 30.1 Å². The highest BCUT2D eigenvalue weighted by atomic mass is 16.5. The molecular weight excluding hydrogens is 244 g/mol.